The van der Waals surface area contributed by atoms with Crippen molar-refractivity contribution in [1.82, 2.24) is 10.6 Å². The van der Waals surface area contributed by atoms with Crippen molar-refractivity contribution in [3.63, 3.8) is 0 Å². The van der Waals surface area contributed by atoms with E-state index in [1.165, 1.54) is 11.1 Å². The fourth-order valence-electron chi connectivity index (χ4n) is 6.17. The van der Waals surface area contributed by atoms with E-state index in [-0.39, 0.29) is 36.8 Å². The van der Waals surface area contributed by atoms with Gasteiger partial charge in [-0.3, -0.25) is 9.59 Å². The van der Waals surface area contributed by atoms with Crippen molar-refractivity contribution in [3.05, 3.63) is 59.7 Å². The summed E-state index contributed by atoms with van der Waals surface area (Å²) >= 11 is 0. The lowest BCUT2D eigenvalue weighted by Crippen LogP contribution is -2.50. The minimum atomic E-state index is -0.800. The first kappa shape index (κ1) is 23.4. The predicted octanol–water partition coefficient (Wildman–Crippen LogP) is 4.60. The van der Waals surface area contributed by atoms with Crippen molar-refractivity contribution in [1.29, 1.82) is 0 Å². The molecule has 0 spiro atoms. The number of carbonyl (C=O) groups is 3. The van der Waals surface area contributed by atoms with Crippen LogP contribution in [0, 0.1) is 5.92 Å². The van der Waals surface area contributed by atoms with Crippen LogP contribution < -0.4 is 10.6 Å². The number of carbonyl (C=O) groups excluding carboxylic acids is 2. The highest BCUT2D eigenvalue weighted by Gasteiger charge is 2.39. The second-order valence-electron chi connectivity index (χ2n) is 10.2. The van der Waals surface area contributed by atoms with E-state index >= 15 is 0 Å². The zero-order chi connectivity index (χ0) is 24.4. The van der Waals surface area contributed by atoms with Crippen LogP contribution in [0.2, 0.25) is 0 Å². The van der Waals surface area contributed by atoms with Crippen molar-refractivity contribution < 1.29 is 24.2 Å². The van der Waals surface area contributed by atoms with E-state index in [0.29, 0.717) is 19.3 Å². The fourth-order valence-corrected chi connectivity index (χ4v) is 6.17. The van der Waals surface area contributed by atoms with Gasteiger partial charge in [0.25, 0.3) is 0 Å². The molecule has 3 aliphatic carbocycles. The SMILES string of the molecule is O=C(CC1(NC(=O)OCC2c3ccccc3-c3ccccc32)CCCC1)NC1CCC(C(=O)O)C1. The average molecular weight is 477 g/mol. The Hall–Kier alpha value is -3.35. The third kappa shape index (κ3) is 4.90. The number of fused-ring (bicyclic) bond motifs is 3. The van der Waals surface area contributed by atoms with Crippen molar-refractivity contribution in [3.8, 4) is 11.1 Å². The molecule has 2 aromatic carbocycles. The van der Waals surface area contributed by atoms with Crippen LogP contribution in [0.5, 0.6) is 0 Å². The van der Waals surface area contributed by atoms with Gasteiger partial charge in [-0.05, 0) is 54.4 Å². The molecule has 0 saturated heterocycles. The molecular weight excluding hydrogens is 444 g/mol. The quantitative estimate of drug-likeness (QED) is 0.542. The van der Waals surface area contributed by atoms with E-state index in [2.05, 4.69) is 34.9 Å². The topological polar surface area (TPSA) is 105 Å². The van der Waals surface area contributed by atoms with Crippen LogP contribution in [0.3, 0.4) is 0 Å². The summed E-state index contributed by atoms with van der Waals surface area (Å²) in [6.45, 7) is 0.237. The van der Waals surface area contributed by atoms with Crippen LogP contribution in [0.15, 0.2) is 48.5 Å². The molecule has 0 heterocycles. The van der Waals surface area contributed by atoms with E-state index < -0.39 is 17.6 Å². The molecular formula is C28H32N2O5. The summed E-state index contributed by atoms with van der Waals surface area (Å²) in [4.78, 5) is 36.9. The summed E-state index contributed by atoms with van der Waals surface area (Å²) in [6, 6.07) is 16.3. The molecule has 35 heavy (non-hydrogen) atoms. The number of amides is 2. The number of alkyl carbamates (subject to hydrolysis) is 1. The zero-order valence-corrected chi connectivity index (χ0v) is 19.8. The number of aliphatic carboxylic acids is 1. The Balaban J connectivity index is 1.19. The second kappa shape index (κ2) is 9.72. The standard InChI is InChI=1S/C28H32N2O5/c31-25(29-19-12-11-18(15-19)26(32)33)16-28(13-5-6-14-28)30-27(34)35-17-24-22-9-3-1-7-20(22)21-8-2-4-10-23(21)24/h1-4,7-10,18-19,24H,5-6,11-17H2,(H,29,31)(H,30,34)(H,32,33). The highest BCUT2D eigenvalue weighted by Crippen LogP contribution is 2.44. The van der Waals surface area contributed by atoms with Crippen LogP contribution in [-0.4, -0.2) is 41.3 Å². The Morgan fingerprint density at radius 1 is 0.943 bits per heavy atom. The van der Waals surface area contributed by atoms with Gasteiger partial charge in [0.1, 0.15) is 6.61 Å². The molecule has 2 aromatic rings. The van der Waals surface area contributed by atoms with Crippen molar-refractivity contribution >= 4 is 18.0 Å². The van der Waals surface area contributed by atoms with Crippen LogP contribution in [0.1, 0.15) is 68.4 Å². The Morgan fingerprint density at radius 3 is 2.17 bits per heavy atom. The maximum Gasteiger partial charge on any atom is 0.407 e. The summed E-state index contributed by atoms with van der Waals surface area (Å²) in [6.07, 6.45) is 4.77. The van der Waals surface area contributed by atoms with Crippen molar-refractivity contribution in [2.75, 3.05) is 6.61 Å². The van der Waals surface area contributed by atoms with Crippen molar-refractivity contribution in [2.45, 2.75) is 68.9 Å². The minimum absolute atomic E-state index is 0.0134. The van der Waals surface area contributed by atoms with Crippen molar-refractivity contribution in [2.24, 2.45) is 5.92 Å². The van der Waals surface area contributed by atoms with Crippen LogP contribution >= 0.6 is 0 Å². The molecule has 0 aliphatic heterocycles. The number of carboxylic acid groups (broad SMARTS) is 1. The van der Waals surface area contributed by atoms with Gasteiger partial charge in [-0.2, -0.15) is 0 Å². The summed E-state index contributed by atoms with van der Waals surface area (Å²) < 4.78 is 5.74. The second-order valence-corrected chi connectivity index (χ2v) is 10.2. The lowest BCUT2D eigenvalue weighted by molar-refractivity contribution is -0.141. The number of carboxylic acids is 1. The molecule has 0 aromatic heterocycles. The molecule has 2 saturated carbocycles. The molecule has 7 heteroatoms. The molecule has 2 unspecified atom stereocenters. The maximum absolute atomic E-state index is 12.9. The average Bonchev–Trinajstić information content (AvgIpc) is 3.56. The highest BCUT2D eigenvalue weighted by molar-refractivity contribution is 5.80. The number of hydrogen-bond donors (Lipinski definition) is 3. The van der Waals surface area contributed by atoms with E-state index in [9.17, 15) is 19.5 Å². The Morgan fingerprint density at radius 2 is 1.57 bits per heavy atom. The lowest BCUT2D eigenvalue weighted by Gasteiger charge is -2.30. The first-order valence-corrected chi connectivity index (χ1v) is 12.6. The monoisotopic (exact) mass is 476 g/mol. The number of benzene rings is 2. The van der Waals surface area contributed by atoms with Crippen LogP contribution in [0.4, 0.5) is 4.79 Å². The summed E-state index contributed by atoms with van der Waals surface area (Å²) in [7, 11) is 0. The van der Waals surface area contributed by atoms with Gasteiger partial charge in [0.05, 0.1) is 11.5 Å². The molecule has 0 bridgehead atoms. The molecule has 0 radical (unpaired) electrons. The molecule has 5 rings (SSSR count). The first-order valence-electron chi connectivity index (χ1n) is 12.6. The molecule has 2 fully saturated rings. The van der Waals surface area contributed by atoms with E-state index in [1.807, 2.05) is 24.3 Å². The van der Waals surface area contributed by atoms with Gasteiger partial charge < -0.3 is 20.5 Å². The third-order valence-electron chi connectivity index (χ3n) is 7.92. The molecule has 3 N–H and O–H groups in total. The van der Waals surface area contributed by atoms with Crippen LogP contribution in [-0.2, 0) is 14.3 Å². The molecule has 184 valence electrons. The van der Waals surface area contributed by atoms with Gasteiger partial charge in [0, 0.05) is 18.4 Å². The Bertz CT molecular complexity index is 1080. The molecule has 2 atom stereocenters. The number of rotatable bonds is 7. The molecule has 2 amide bonds. The zero-order valence-electron chi connectivity index (χ0n) is 19.8. The maximum atomic E-state index is 12.9. The number of nitrogens with one attached hydrogen (secondary N) is 2. The molecule has 3 aliphatic rings. The number of hydrogen-bond acceptors (Lipinski definition) is 4. The minimum Gasteiger partial charge on any atom is -0.481 e. The smallest absolute Gasteiger partial charge is 0.407 e. The third-order valence-corrected chi connectivity index (χ3v) is 7.92. The Labute approximate surface area is 205 Å². The van der Waals surface area contributed by atoms with Gasteiger partial charge in [0.2, 0.25) is 5.91 Å². The van der Waals surface area contributed by atoms with Crippen LogP contribution in [0.25, 0.3) is 11.1 Å². The van der Waals surface area contributed by atoms with Gasteiger partial charge in [-0.25, -0.2) is 4.79 Å². The fraction of sp³-hybridized carbons (Fsp3) is 0.464. The highest BCUT2D eigenvalue weighted by atomic mass is 16.5. The summed E-state index contributed by atoms with van der Waals surface area (Å²) in [5.41, 5.74) is 4.06. The largest absolute Gasteiger partial charge is 0.481 e. The Kier molecular flexibility index (Phi) is 6.50. The summed E-state index contributed by atoms with van der Waals surface area (Å²) in [5, 5.41) is 15.2. The van der Waals surface area contributed by atoms with Gasteiger partial charge in [-0.1, -0.05) is 61.4 Å². The van der Waals surface area contributed by atoms with E-state index in [4.69, 9.17) is 4.74 Å². The summed E-state index contributed by atoms with van der Waals surface area (Å²) in [5.74, 6) is -1.34. The van der Waals surface area contributed by atoms with E-state index in [1.54, 1.807) is 0 Å². The van der Waals surface area contributed by atoms with Gasteiger partial charge in [0.15, 0.2) is 0 Å². The normalized spacial score (nSPS) is 22.3. The first-order chi connectivity index (χ1) is 16.9. The number of ether oxygens (including phenoxy) is 1. The van der Waals surface area contributed by atoms with E-state index in [0.717, 1.165) is 36.8 Å². The predicted molar refractivity (Wildman–Crippen MR) is 131 cm³/mol. The molecule has 7 nitrogen and oxygen atoms in total. The van der Waals surface area contributed by atoms with Gasteiger partial charge >= 0.3 is 12.1 Å². The lowest BCUT2D eigenvalue weighted by atomic mass is 9.92. The van der Waals surface area contributed by atoms with Gasteiger partial charge in [-0.15, -0.1) is 0 Å².